The van der Waals surface area contributed by atoms with Crippen LogP contribution < -0.4 is 10.6 Å². The first-order valence-electron chi connectivity index (χ1n) is 6.22. The van der Waals surface area contributed by atoms with Gasteiger partial charge in [0.1, 0.15) is 17.3 Å². The van der Waals surface area contributed by atoms with E-state index >= 15 is 0 Å². The van der Waals surface area contributed by atoms with Crippen LogP contribution in [0.3, 0.4) is 0 Å². The van der Waals surface area contributed by atoms with Gasteiger partial charge in [-0.25, -0.2) is 4.98 Å². The molecule has 0 aliphatic carbocycles. The lowest BCUT2D eigenvalue weighted by atomic mass is 10.2. The highest BCUT2D eigenvalue weighted by Gasteiger charge is 2.07. The van der Waals surface area contributed by atoms with Crippen molar-refractivity contribution in [2.24, 2.45) is 0 Å². The molecule has 0 unspecified atom stereocenters. The van der Waals surface area contributed by atoms with Gasteiger partial charge in [-0.3, -0.25) is 4.79 Å². The van der Waals surface area contributed by atoms with Gasteiger partial charge in [-0.15, -0.1) is 0 Å². The predicted molar refractivity (Wildman–Crippen MR) is 73.0 cm³/mol. The largest absolute Gasteiger partial charge is 0.465 e. The first-order valence-corrected chi connectivity index (χ1v) is 6.22. The Morgan fingerprint density at radius 2 is 2.21 bits per heavy atom. The van der Waals surface area contributed by atoms with Crippen LogP contribution in [0.15, 0.2) is 34.9 Å². The van der Waals surface area contributed by atoms with E-state index in [0.717, 1.165) is 18.1 Å². The lowest BCUT2D eigenvalue weighted by Crippen LogP contribution is -2.22. The number of pyridine rings is 1. The Morgan fingerprint density at radius 3 is 2.89 bits per heavy atom. The third-order valence-electron chi connectivity index (χ3n) is 2.60. The molecule has 2 N–H and O–H groups in total. The zero-order chi connectivity index (χ0) is 13.7. The van der Waals surface area contributed by atoms with Gasteiger partial charge in [0.15, 0.2) is 0 Å². The van der Waals surface area contributed by atoms with E-state index in [0.29, 0.717) is 17.9 Å². The van der Waals surface area contributed by atoms with Crippen LogP contribution in [0.5, 0.6) is 0 Å². The zero-order valence-corrected chi connectivity index (χ0v) is 11.1. The summed E-state index contributed by atoms with van der Waals surface area (Å²) in [6.07, 6.45) is 1.62. The molecule has 0 fully saturated rings. The van der Waals surface area contributed by atoms with Crippen molar-refractivity contribution >= 4 is 11.7 Å². The molecule has 0 saturated heterocycles. The Hall–Kier alpha value is -2.30. The summed E-state index contributed by atoms with van der Waals surface area (Å²) in [6.45, 7) is 5.00. The summed E-state index contributed by atoms with van der Waals surface area (Å²) in [5.41, 5.74) is 0.578. The molecule has 0 spiro atoms. The van der Waals surface area contributed by atoms with Crippen LogP contribution >= 0.6 is 0 Å². The van der Waals surface area contributed by atoms with E-state index in [9.17, 15) is 4.79 Å². The summed E-state index contributed by atoms with van der Waals surface area (Å²) < 4.78 is 5.39. The van der Waals surface area contributed by atoms with Crippen molar-refractivity contribution in [1.29, 1.82) is 0 Å². The molecule has 0 atom stereocenters. The van der Waals surface area contributed by atoms with Gasteiger partial charge in [0.05, 0.1) is 6.54 Å². The number of rotatable bonds is 5. The van der Waals surface area contributed by atoms with Crippen molar-refractivity contribution in [3.05, 3.63) is 47.5 Å². The second kappa shape index (κ2) is 6.04. The number of hydrogen-bond acceptors (Lipinski definition) is 4. The maximum Gasteiger partial charge on any atom is 0.251 e. The summed E-state index contributed by atoms with van der Waals surface area (Å²) in [4.78, 5) is 16.1. The number of aryl methyl sites for hydroxylation is 1. The highest BCUT2D eigenvalue weighted by Crippen LogP contribution is 2.08. The number of nitrogens with zero attached hydrogens (tertiary/aromatic N) is 1. The molecule has 19 heavy (non-hydrogen) atoms. The molecule has 0 bridgehead atoms. The number of anilines is 1. The second-order valence-corrected chi connectivity index (χ2v) is 4.16. The first kappa shape index (κ1) is 13.1. The number of aromatic nitrogens is 1. The van der Waals surface area contributed by atoms with Gasteiger partial charge in [-0.1, -0.05) is 0 Å². The minimum absolute atomic E-state index is 0.143. The van der Waals surface area contributed by atoms with Crippen molar-refractivity contribution in [2.45, 2.75) is 20.4 Å². The number of hydrogen-bond donors (Lipinski definition) is 2. The maximum absolute atomic E-state index is 12.0. The Balaban J connectivity index is 1.97. The topological polar surface area (TPSA) is 67.2 Å². The molecule has 5 heteroatoms. The quantitative estimate of drug-likeness (QED) is 0.865. The first-order chi connectivity index (χ1) is 9.19. The molecule has 2 aromatic rings. The molecule has 0 radical (unpaired) electrons. The fraction of sp³-hybridized carbons (Fsp3) is 0.286. The van der Waals surface area contributed by atoms with E-state index in [-0.39, 0.29) is 5.91 Å². The smallest absolute Gasteiger partial charge is 0.251 e. The number of nitrogens with one attached hydrogen (secondary N) is 2. The van der Waals surface area contributed by atoms with Crippen LogP contribution in [-0.4, -0.2) is 17.4 Å². The Bertz CT molecular complexity index is 563. The van der Waals surface area contributed by atoms with Crippen molar-refractivity contribution in [1.82, 2.24) is 10.3 Å². The van der Waals surface area contributed by atoms with Crippen LogP contribution in [0.2, 0.25) is 0 Å². The zero-order valence-electron chi connectivity index (χ0n) is 11.1. The van der Waals surface area contributed by atoms with Crippen molar-refractivity contribution in [3.8, 4) is 0 Å². The van der Waals surface area contributed by atoms with Crippen LogP contribution in [-0.2, 0) is 6.54 Å². The van der Waals surface area contributed by atoms with Gasteiger partial charge >= 0.3 is 0 Å². The van der Waals surface area contributed by atoms with Crippen molar-refractivity contribution in [3.63, 3.8) is 0 Å². The molecule has 0 aromatic carbocycles. The fourth-order valence-electron chi connectivity index (χ4n) is 1.70. The number of amides is 1. The molecule has 100 valence electrons. The lowest BCUT2D eigenvalue weighted by Gasteiger charge is -2.06. The standard InChI is InChI=1S/C14H17N3O2/c1-3-15-13-8-11(6-7-16-13)14(18)17-9-12-5-4-10(2)19-12/h4-8H,3,9H2,1-2H3,(H,15,16)(H,17,18). The van der Waals surface area contributed by atoms with E-state index in [1.54, 1.807) is 18.3 Å². The molecule has 0 aliphatic heterocycles. The van der Waals surface area contributed by atoms with Crippen LogP contribution in [0.25, 0.3) is 0 Å². The summed E-state index contributed by atoms with van der Waals surface area (Å²) in [5, 5.41) is 5.88. The van der Waals surface area contributed by atoms with E-state index in [1.807, 2.05) is 26.0 Å². The molecule has 2 rings (SSSR count). The van der Waals surface area contributed by atoms with E-state index in [1.165, 1.54) is 0 Å². The average Bonchev–Trinajstić information content (AvgIpc) is 2.82. The fourth-order valence-corrected chi connectivity index (χ4v) is 1.70. The van der Waals surface area contributed by atoms with E-state index in [4.69, 9.17) is 4.42 Å². The molecule has 1 amide bonds. The normalized spacial score (nSPS) is 10.2. The highest BCUT2D eigenvalue weighted by molar-refractivity contribution is 5.94. The Kier molecular flexibility index (Phi) is 4.18. The predicted octanol–water partition coefficient (Wildman–Crippen LogP) is 2.34. The molecular formula is C14H17N3O2. The Labute approximate surface area is 112 Å². The molecule has 0 saturated carbocycles. The number of furan rings is 1. The second-order valence-electron chi connectivity index (χ2n) is 4.16. The number of carbonyl (C=O) groups excluding carboxylic acids is 1. The summed E-state index contributed by atoms with van der Waals surface area (Å²) in [7, 11) is 0. The minimum Gasteiger partial charge on any atom is -0.465 e. The Morgan fingerprint density at radius 1 is 1.37 bits per heavy atom. The highest BCUT2D eigenvalue weighted by atomic mass is 16.3. The van der Waals surface area contributed by atoms with Crippen LogP contribution in [0, 0.1) is 6.92 Å². The summed E-state index contributed by atoms with van der Waals surface area (Å²) >= 11 is 0. The third kappa shape index (κ3) is 3.58. The molecular weight excluding hydrogens is 242 g/mol. The van der Waals surface area contributed by atoms with Crippen LogP contribution in [0.1, 0.15) is 28.8 Å². The van der Waals surface area contributed by atoms with Crippen molar-refractivity contribution in [2.75, 3.05) is 11.9 Å². The van der Waals surface area contributed by atoms with Crippen molar-refractivity contribution < 1.29 is 9.21 Å². The average molecular weight is 259 g/mol. The van der Waals surface area contributed by atoms with Gasteiger partial charge in [-0.2, -0.15) is 0 Å². The van der Waals surface area contributed by atoms with Crippen LogP contribution in [0.4, 0.5) is 5.82 Å². The summed E-state index contributed by atoms with van der Waals surface area (Å²) in [6, 6.07) is 7.14. The van der Waals surface area contributed by atoms with E-state index in [2.05, 4.69) is 15.6 Å². The van der Waals surface area contributed by atoms with Gasteiger partial charge in [0, 0.05) is 18.3 Å². The molecule has 2 aromatic heterocycles. The monoisotopic (exact) mass is 259 g/mol. The van der Waals surface area contributed by atoms with Gasteiger partial charge in [0.2, 0.25) is 0 Å². The van der Waals surface area contributed by atoms with Gasteiger partial charge in [-0.05, 0) is 38.1 Å². The molecule has 0 aliphatic rings. The summed E-state index contributed by atoms with van der Waals surface area (Å²) in [5.74, 6) is 2.13. The lowest BCUT2D eigenvalue weighted by molar-refractivity contribution is 0.0948. The SMILES string of the molecule is CCNc1cc(C(=O)NCc2ccc(C)o2)ccn1. The van der Waals surface area contributed by atoms with E-state index < -0.39 is 0 Å². The molecule has 2 heterocycles. The maximum atomic E-state index is 12.0. The van der Waals surface area contributed by atoms with Gasteiger partial charge < -0.3 is 15.1 Å². The number of carbonyl (C=O) groups is 1. The third-order valence-corrected chi connectivity index (χ3v) is 2.60. The molecule has 5 nitrogen and oxygen atoms in total. The minimum atomic E-state index is -0.143. The van der Waals surface area contributed by atoms with Gasteiger partial charge in [0.25, 0.3) is 5.91 Å².